The van der Waals surface area contributed by atoms with Gasteiger partial charge in [0.1, 0.15) is 5.82 Å². The van der Waals surface area contributed by atoms with Gasteiger partial charge in [-0.3, -0.25) is 14.4 Å². The molecule has 0 N–H and O–H groups in total. The number of Topliss-reactive ketones (excluding diaryl/α,β-unsaturated/α-hetero) is 2. The second kappa shape index (κ2) is 10.2. The van der Waals surface area contributed by atoms with Gasteiger partial charge in [-0.15, -0.1) is 0 Å². The lowest BCUT2D eigenvalue weighted by atomic mass is 9.72. The molecule has 0 spiro atoms. The third-order valence-corrected chi connectivity index (χ3v) is 7.88. The number of carbonyl (C=O) groups excluding carboxylic acids is 3. The number of rotatable bonds is 6. The molecule has 1 aliphatic rings. The summed E-state index contributed by atoms with van der Waals surface area (Å²) in [5.74, 6) is -0.816. The SMILES string of the molecule is CC(=O)c1ccccc1C1(C)CCN(C(=O)c2cn(CC(=O)c3cccc(F)c3)c3cc(Cl)ccc23)CC1. The first-order valence-electron chi connectivity index (χ1n) is 12.6. The molecule has 2 heterocycles. The predicted molar refractivity (Wildman–Crippen MR) is 147 cm³/mol. The summed E-state index contributed by atoms with van der Waals surface area (Å²) in [7, 11) is 0. The number of hydrogen-bond donors (Lipinski definition) is 0. The lowest BCUT2D eigenvalue weighted by Crippen LogP contribution is -2.44. The standard InChI is InChI=1S/C31H28ClFN2O3/c1-20(36)24-8-3-4-9-27(24)31(2)12-14-34(15-13-31)30(38)26-18-35(28-17-22(32)10-11-25(26)28)19-29(37)21-6-5-7-23(33)16-21/h3-11,16-18H,12-15,19H2,1-2H3. The van der Waals surface area contributed by atoms with Crippen molar-refractivity contribution in [2.45, 2.75) is 38.6 Å². The van der Waals surface area contributed by atoms with Crippen molar-refractivity contribution >= 4 is 40.0 Å². The summed E-state index contributed by atoms with van der Waals surface area (Å²) in [5, 5.41) is 1.20. The minimum absolute atomic E-state index is 0.0413. The Morgan fingerprint density at radius 3 is 2.39 bits per heavy atom. The molecule has 0 aliphatic carbocycles. The Morgan fingerprint density at radius 2 is 1.68 bits per heavy atom. The van der Waals surface area contributed by atoms with Gasteiger partial charge in [0, 0.05) is 40.8 Å². The number of aromatic nitrogens is 1. The van der Waals surface area contributed by atoms with E-state index in [1.807, 2.05) is 29.2 Å². The minimum Gasteiger partial charge on any atom is -0.339 e. The molecule has 1 aliphatic heterocycles. The van der Waals surface area contributed by atoms with Crippen LogP contribution in [0.1, 0.15) is 63.3 Å². The molecule has 0 saturated carbocycles. The van der Waals surface area contributed by atoms with Gasteiger partial charge in [-0.25, -0.2) is 4.39 Å². The minimum atomic E-state index is -0.477. The number of nitrogens with zero attached hydrogens (tertiary/aromatic N) is 2. The summed E-state index contributed by atoms with van der Waals surface area (Å²) < 4.78 is 15.4. The first-order chi connectivity index (χ1) is 18.2. The molecule has 3 aromatic carbocycles. The van der Waals surface area contributed by atoms with E-state index in [2.05, 4.69) is 6.92 Å². The molecule has 0 bridgehead atoms. The zero-order valence-electron chi connectivity index (χ0n) is 21.3. The van der Waals surface area contributed by atoms with Crippen molar-refractivity contribution in [3.05, 3.63) is 106 Å². The van der Waals surface area contributed by atoms with Crippen molar-refractivity contribution in [1.29, 1.82) is 0 Å². The molecule has 4 aromatic rings. The van der Waals surface area contributed by atoms with E-state index in [0.29, 0.717) is 34.6 Å². The normalized spacial score (nSPS) is 15.0. The van der Waals surface area contributed by atoms with Gasteiger partial charge in [-0.1, -0.05) is 61.0 Å². The number of hydrogen-bond acceptors (Lipinski definition) is 3. The predicted octanol–water partition coefficient (Wildman–Crippen LogP) is 6.71. The van der Waals surface area contributed by atoms with Crippen LogP contribution in [0.2, 0.25) is 5.02 Å². The molecule has 194 valence electrons. The van der Waals surface area contributed by atoms with Crippen molar-refractivity contribution in [2.24, 2.45) is 0 Å². The van der Waals surface area contributed by atoms with Gasteiger partial charge >= 0.3 is 0 Å². The maximum absolute atomic E-state index is 13.7. The molecule has 1 saturated heterocycles. The summed E-state index contributed by atoms with van der Waals surface area (Å²) in [6.45, 7) is 4.78. The second-order valence-electron chi connectivity index (χ2n) is 10.2. The number of fused-ring (bicyclic) bond motifs is 1. The van der Waals surface area contributed by atoms with Crippen molar-refractivity contribution in [3.8, 4) is 0 Å². The fraction of sp³-hybridized carbons (Fsp3) is 0.258. The van der Waals surface area contributed by atoms with Crippen LogP contribution in [-0.4, -0.2) is 40.0 Å². The Kier molecular flexibility index (Phi) is 6.93. The van der Waals surface area contributed by atoms with Gasteiger partial charge in [0.2, 0.25) is 0 Å². The van der Waals surface area contributed by atoms with Crippen molar-refractivity contribution in [3.63, 3.8) is 0 Å². The number of piperidine rings is 1. The first kappa shape index (κ1) is 25.9. The van der Waals surface area contributed by atoms with Gasteiger partial charge in [-0.05, 0) is 55.0 Å². The summed E-state index contributed by atoms with van der Waals surface area (Å²) in [5.41, 5.74) is 2.99. The highest BCUT2D eigenvalue weighted by Gasteiger charge is 2.36. The van der Waals surface area contributed by atoms with Crippen molar-refractivity contribution in [1.82, 2.24) is 9.47 Å². The van der Waals surface area contributed by atoms with Crippen LogP contribution in [0.4, 0.5) is 4.39 Å². The van der Waals surface area contributed by atoms with E-state index in [0.717, 1.165) is 24.0 Å². The second-order valence-corrected chi connectivity index (χ2v) is 10.7. The summed E-state index contributed by atoms with van der Waals surface area (Å²) >= 11 is 6.26. The van der Waals surface area contributed by atoms with Crippen LogP contribution in [0.3, 0.4) is 0 Å². The molecule has 1 amide bonds. The fourth-order valence-corrected chi connectivity index (χ4v) is 5.60. The van der Waals surface area contributed by atoms with Crippen molar-refractivity contribution < 1.29 is 18.8 Å². The Labute approximate surface area is 225 Å². The molecule has 38 heavy (non-hydrogen) atoms. The Hall–Kier alpha value is -3.77. The smallest absolute Gasteiger partial charge is 0.256 e. The molecule has 0 unspecified atom stereocenters. The van der Waals surface area contributed by atoms with Gasteiger partial charge in [-0.2, -0.15) is 0 Å². The highest BCUT2D eigenvalue weighted by atomic mass is 35.5. The van der Waals surface area contributed by atoms with E-state index in [-0.39, 0.29) is 35.0 Å². The van der Waals surface area contributed by atoms with E-state index >= 15 is 0 Å². The maximum Gasteiger partial charge on any atom is 0.256 e. The highest BCUT2D eigenvalue weighted by Crippen LogP contribution is 2.38. The summed E-state index contributed by atoms with van der Waals surface area (Å²) in [4.78, 5) is 40.7. The number of benzene rings is 3. The lowest BCUT2D eigenvalue weighted by molar-refractivity contribution is 0.0675. The molecule has 0 radical (unpaired) electrons. The fourth-order valence-electron chi connectivity index (χ4n) is 5.43. The quantitative estimate of drug-likeness (QED) is 0.260. The highest BCUT2D eigenvalue weighted by molar-refractivity contribution is 6.31. The van der Waals surface area contributed by atoms with Crippen LogP contribution in [0.5, 0.6) is 0 Å². The van der Waals surface area contributed by atoms with E-state index in [1.54, 1.807) is 42.0 Å². The van der Waals surface area contributed by atoms with Crippen LogP contribution in [-0.2, 0) is 12.0 Å². The monoisotopic (exact) mass is 530 g/mol. The number of halogens is 2. The Morgan fingerprint density at radius 1 is 0.947 bits per heavy atom. The van der Waals surface area contributed by atoms with E-state index < -0.39 is 5.82 Å². The Balaban J connectivity index is 1.40. The number of ketones is 2. The molecule has 5 rings (SSSR count). The zero-order valence-corrected chi connectivity index (χ0v) is 22.1. The summed E-state index contributed by atoms with van der Waals surface area (Å²) in [6, 6.07) is 18.6. The lowest BCUT2D eigenvalue weighted by Gasteiger charge is -2.40. The molecule has 5 nitrogen and oxygen atoms in total. The van der Waals surface area contributed by atoms with Crippen molar-refractivity contribution in [2.75, 3.05) is 13.1 Å². The van der Waals surface area contributed by atoms with E-state index in [9.17, 15) is 18.8 Å². The van der Waals surface area contributed by atoms with Crippen LogP contribution in [0, 0.1) is 5.82 Å². The van der Waals surface area contributed by atoms with Crippen LogP contribution >= 0.6 is 11.6 Å². The molecule has 7 heteroatoms. The molecule has 0 atom stereocenters. The third-order valence-electron chi connectivity index (χ3n) is 7.65. The van der Waals surface area contributed by atoms with Crippen LogP contribution in [0.25, 0.3) is 10.9 Å². The van der Waals surface area contributed by atoms with Gasteiger partial charge in [0.15, 0.2) is 11.6 Å². The zero-order chi connectivity index (χ0) is 27.0. The third kappa shape index (κ3) is 4.88. The average molecular weight is 531 g/mol. The van der Waals surface area contributed by atoms with Gasteiger partial charge < -0.3 is 9.47 Å². The topological polar surface area (TPSA) is 59.4 Å². The Bertz CT molecular complexity index is 1570. The first-order valence-corrected chi connectivity index (χ1v) is 13.0. The van der Waals surface area contributed by atoms with E-state index in [1.165, 1.54) is 18.2 Å². The summed E-state index contributed by atoms with van der Waals surface area (Å²) in [6.07, 6.45) is 3.15. The maximum atomic E-state index is 13.7. The number of carbonyl (C=O) groups is 3. The van der Waals surface area contributed by atoms with E-state index in [4.69, 9.17) is 11.6 Å². The molecular weight excluding hydrogens is 503 g/mol. The van der Waals surface area contributed by atoms with Gasteiger partial charge in [0.25, 0.3) is 5.91 Å². The average Bonchev–Trinajstić information content (AvgIpc) is 3.25. The number of likely N-dealkylation sites (tertiary alicyclic amines) is 1. The number of amides is 1. The molecule has 1 fully saturated rings. The van der Waals surface area contributed by atoms with Crippen LogP contribution < -0.4 is 0 Å². The van der Waals surface area contributed by atoms with Gasteiger partial charge in [0.05, 0.1) is 17.6 Å². The van der Waals surface area contributed by atoms with Crippen LogP contribution in [0.15, 0.2) is 72.9 Å². The molecular formula is C31H28ClFN2O3. The molecule has 1 aromatic heterocycles. The largest absolute Gasteiger partial charge is 0.339 e.